The van der Waals surface area contributed by atoms with Crippen molar-refractivity contribution in [3.63, 3.8) is 0 Å². The number of benzene rings is 1. The Morgan fingerprint density at radius 3 is 2.71 bits per heavy atom. The highest BCUT2D eigenvalue weighted by molar-refractivity contribution is 7.89. The number of hydrogen-bond acceptors (Lipinski definition) is 5. The van der Waals surface area contributed by atoms with Crippen LogP contribution in [-0.2, 0) is 23.0 Å². The van der Waals surface area contributed by atoms with Gasteiger partial charge < -0.3 is 0 Å². The molecule has 128 valence electrons. The summed E-state index contributed by atoms with van der Waals surface area (Å²) in [5.74, 6) is -0.114. The van der Waals surface area contributed by atoms with Crippen molar-refractivity contribution in [3.05, 3.63) is 46.0 Å². The van der Waals surface area contributed by atoms with Gasteiger partial charge in [0, 0.05) is 30.0 Å². The summed E-state index contributed by atoms with van der Waals surface area (Å²) in [6.07, 6.45) is 0.575. The number of carbonyl (C=O) groups excluding carboxylic acids is 1. The molecule has 1 aromatic carbocycles. The van der Waals surface area contributed by atoms with Crippen LogP contribution in [0.5, 0.6) is 0 Å². The van der Waals surface area contributed by atoms with E-state index in [0.717, 1.165) is 16.1 Å². The molecule has 1 amide bonds. The van der Waals surface area contributed by atoms with Crippen LogP contribution in [-0.4, -0.2) is 35.9 Å². The molecule has 0 spiro atoms. The van der Waals surface area contributed by atoms with Gasteiger partial charge in [-0.25, -0.2) is 13.4 Å². The van der Waals surface area contributed by atoms with Crippen molar-refractivity contribution in [3.8, 4) is 0 Å². The molecule has 0 saturated heterocycles. The van der Waals surface area contributed by atoms with Gasteiger partial charge in [-0.05, 0) is 26.0 Å². The number of fused-ring (bicyclic) bond motifs is 1. The molecule has 1 aliphatic rings. The van der Waals surface area contributed by atoms with Gasteiger partial charge in [0.25, 0.3) is 5.91 Å². The van der Waals surface area contributed by atoms with Crippen molar-refractivity contribution in [2.45, 2.75) is 26.8 Å². The average Bonchev–Trinajstić information content (AvgIpc) is 2.96. The quantitative estimate of drug-likeness (QED) is 0.902. The number of thiazole rings is 1. The molecule has 0 bridgehead atoms. The molecule has 0 atom stereocenters. The first-order valence-corrected chi connectivity index (χ1v) is 10.2. The number of anilines is 1. The standard InChI is InChI=1S/C16H19N3O3S2/c1-3-24(21,22)19-9-8-13-14(10-19)23-16(17-13)18-15(20)12-6-4-11(2)5-7-12/h4-7H,3,8-10H2,1-2H3,(H,17,18,20). The zero-order valence-corrected chi connectivity index (χ0v) is 15.2. The molecule has 0 saturated carbocycles. The monoisotopic (exact) mass is 365 g/mol. The van der Waals surface area contributed by atoms with E-state index in [4.69, 9.17) is 0 Å². The van der Waals surface area contributed by atoms with Gasteiger partial charge in [0.1, 0.15) is 0 Å². The third kappa shape index (κ3) is 3.50. The van der Waals surface area contributed by atoms with Crippen molar-refractivity contribution in [1.29, 1.82) is 0 Å². The van der Waals surface area contributed by atoms with Crippen LogP contribution >= 0.6 is 11.3 Å². The second-order valence-electron chi connectivity index (χ2n) is 5.69. The Morgan fingerprint density at radius 1 is 1.33 bits per heavy atom. The van der Waals surface area contributed by atoms with Crippen molar-refractivity contribution in [1.82, 2.24) is 9.29 Å². The van der Waals surface area contributed by atoms with Crippen molar-refractivity contribution < 1.29 is 13.2 Å². The summed E-state index contributed by atoms with van der Waals surface area (Å²) in [7, 11) is -3.20. The number of carbonyl (C=O) groups is 1. The normalized spacial score (nSPS) is 15.1. The molecular weight excluding hydrogens is 346 g/mol. The summed E-state index contributed by atoms with van der Waals surface area (Å²) >= 11 is 1.34. The Hall–Kier alpha value is -1.77. The molecule has 1 aromatic heterocycles. The molecule has 3 rings (SSSR count). The molecule has 0 radical (unpaired) electrons. The maximum Gasteiger partial charge on any atom is 0.257 e. The third-order valence-corrected chi connectivity index (χ3v) is 6.81. The van der Waals surface area contributed by atoms with E-state index in [2.05, 4.69) is 10.3 Å². The van der Waals surface area contributed by atoms with Crippen molar-refractivity contribution >= 4 is 32.4 Å². The van der Waals surface area contributed by atoms with Crippen LogP contribution in [0, 0.1) is 6.92 Å². The summed E-state index contributed by atoms with van der Waals surface area (Å²) in [5.41, 5.74) is 2.54. The topological polar surface area (TPSA) is 79.4 Å². The summed E-state index contributed by atoms with van der Waals surface area (Å²) in [6, 6.07) is 7.31. The number of sulfonamides is 1. The Balaban J connectivity index is 1.74. The van der Waals surface area contributed by atoms with Gasteiger partial charge >= 0.3 is 0 Å². The Bertz CT molecular complexity index is 857. The molecule has 0 fully saturated rings. The summed E-state index contributed by atoms with van der Waals surface area (Å²) < 4.78 is 25.5. The van der Waals surface area contributed by atoms with Crippen LogP contribution < -0.4 is 5.32 Å². The Kier molecular flexibility index (Phi) is 4.71. The lowest BCUT2D eigenvalue weighted by Crippen LogP contribution is -2.36. The van der Waals surface area contributed by atoms with Crippen LogP contribution in [0.25, 0.3) is 0 Å². The number of hydrogen-bond donors (Lipinski definition) is 1. The molecule has 1 N–H and O–H groups in total. The molecule has 24 heavy (non-hydrogen) atoms. The van der Waals surface area contributed by atoms with E-state index in [-0.39, 0.29) is 11.7 Å². The highest BCUT2D eigenvalue weighted by Gasteiger charge is 2.28. The zero-order valence-electron chi connectivity index (χ0n) is 13.6. The minimum Gasteiger partial charge on any atom is -0.298 e. The van der Waals surface area contributed by atoms with E-state index >= 15 is 0 Å². The van der Waals surface area contributed by atoms with Crippen LogP contribution in [0.15, 0.2) is 24.3 Å². The highest BCUT2D eigenvalue weighted by atomic mass is 32.2. The van der Waals surface area contributed by atoms with Gasteiger partial charge in [0.15, 0.2) is 5.13 Å². The fourth-order valence-corrected chi connectivity index (χ4v) is 4.68. The summed E-state index contributed by atoms with van der Waals surface area (Å²) in [4.78, 5) is 17.6. The van der Waals surface area contributed by atoms with E-state index < -0.39 is 10.0 Å². The van der Waals surface area contributed by atoms with E-state index in [0.29, 0.717) is 30.2 Å². The maximum atomic E-state index is 12.3. The number of nitrogens with zero attached hydrogens (tertiary/aromatic N) is 2. The fraction of sp³-hybridized carbons (Fsp3) is 0.375. The first-order chi connectivity index (χ1) is 11.4. The van der Waals surface area contributed by atoms with Crippen LogP contribution in [0.2, 0.25) is 0 Å². The molecule has 0 unspecified atom stereocenters. The molecule has 6 nitrogen and oxygen atoms in total. The molecule has 8 heteroatoms. The number of aromatic nitrogens is 1. The van der Waals surface area contributed by atoms with Gasteiger partial charge in [0.05, 0.1) is 11.4 Å². The number of aryl methyl sites for hydroxylation is 1. The Morgan fingerprint density at radius 2 is 2.04 bits per heavy atom. The van der Waals surface area contributed by atoms with Gasteiger partial charge in [-0.2, -0.15) is 4.31 Å². The maximum absolute atomic E-state index is 12.3. The van der Waals surface area contributed by atoms with Crippen LogP contribution in [0.3, 0.4) is 0 Å². The van der Waals surface area contributed by atoms with E-state index in [9.17, 15) is 13.2 Å². The lowest BCUT2D eigenvalue weighted by molar-refractivity contribution is 0.102. The summed E-state index contributed by atoms with van der Waals surface area (Å²) in [5, 5.41) is 3.32. The molecular formula is C16H19N3O3S2. The van der Waals surface area contributed by atoms with E-state index in [1.807, 2.05) is 19.1 Å². The zero-order chi connectivity index (χ0) is 17.3. The first-order valence-electron chi connectivity index (χ1n) is 7.73. The van der Waals surface area contributed by atoms with Gasteiger partial charge in [-0.1, -0.05) is 17.7 Å². The third-order valence-electron chi connectivity index (χ3n) is 3.99. The predicted octanol–water partition coefficient (Wildman–Crippen LogP) is 2.41. The predicted molar refractivity (Wildman–Crippen MR) is 94.8 cm³/mol. The van der Waals surface area contributed by atoms with E-state index in [1.165, 1.54) is 15.6 Å². The minimum absolute atomic E-state index is 0.0954. The summed E-state index contributed by atoms with van der Waals surface area (Å²) in [6.45, 7) is 4.39. The van der Waals surface area contributed by atoms with E-state index in [1.54, 1.807) is 19.1 Å². The number of rotatable bonds is 4. The number of nitrogens with one attached hydrogen (secondary N) is 1. The second kappa shape index (κ2) is 6.62. The van der Waals surface area contributed by atoms with Gasteiger partial charge in [-0.15, -0.1) is 11.3 Å². The molecule has 1 aliphatic heterocycles. The highest BCUT2D eigenvalue weighted by Crippen LogP contribution is 2.29. The molecule has 0 aliphatic carbocycles. The lowest BCUT2D eigenvalue weighted by Gasteiger charge is -2.24. The smallest absolute Gasteiger partial charge is 0.257 e. The van der Waals surface area contributed by atoms with Crippen molar-refractivity contribution in [2.75, 3.05) is 17.6 Å². The molecule has 2 aromatic rings. The minimum atomic E-state index is -3.20. The Labute approximate surface area is 145 Å². The van der Waals surface area contributed by atoms with Crippen molar-refractivity contribution in [2.24, 2.45) is 0 Å². The lowest BCUT2D eigenvalue weighted by atomic mass is 10.1. The first kappa shape index (κ1) is 17.1. The number of amides is 1. The average molecular weight is 365 g/mol. The largest absolute Gasteiger partial charge is 0.298 e. The van der Waals surface area contributed by atoms with Gasteiger partial charge in [0.2, 0.25) is 10.0 Å². The SMILES string of the molecule is CCS(=O)(=O)N1CCc2nc(NC(=O)c3ccc(C)cc3)sc2C1. The van der Waals surface area contributed by atoms with Crippen LogP contribution in [0.4, 0.5) is 5.13 Å². The van der Waals surface area contributed by atoms with Crippen LogP contribution in [0.1, 0.15) is 33.4 Å². The fourth-order valence-electron chi connectivity index (χ4n) is 2.52. The molecule has 2 heterocycles. The van der Waals surface area contributed by atoms with Gasteiger partial charge in [-0.3, -0.25) is 10.1 Å². The second-order valence-corrected chi connectivity index (χ2v) is 9.03.